The third kappa shape index (κ3) is 2.64. The Morgan fingerprint density at radius 3 is 2.53 bits per heavy atom. The Bertz CT molecular complexity index is 562. The molecule has 0 unspecified atom stereocenters. The lowest BCUT2D eigenvalue weighted by Crippen LogP contribution is -1.82. The molecule has 0 aromatic heterocycles. The normalized spacial score (nSPS) is 10.9. The van der Waals surface area contributed by atoms with Crippen molar-refractivity contribution >= 4 is 11.9 Å². The summed E-state index contributed by atoms with van der Waals surface area (Å²) in [4.78, 5) is 4.28. The van der Waals surface area contributed by atoms with Gasteiger partial charge in [0.2, 0.25) is 0 Å². The van der Waals surface area contributed by atoms with Gasteiger partial charge in [0, 0.05) is 11.8 Å². The number of hydrogen-bond acceptors (Lipinski definition) is 3. The van der Waals surface area contributed by atoms with Gasteiger partial charge >= 0.3 is 0 Å². The van der Waals surface area contributed by atoms with Crippen molar-refractivity contribution in [3.63, 3.8) is 0 Å². The fourth-order valence-corrected chi connectivity index (χ4v) is 1.52. The van der Waals surface area contributed by atoms with E-state index in [-0.39, 0.29) is 11.5 Å². The Morgan fingerprint density at radius 1 is 1.06 bits per heavy atom. The van der Waals surface area contributed by atoms with Gasteiger partial charge in [-0.15, -0.1) is 0 Å². The van der Waals surface area contributed by atoms with Crippen LogP contribution in [0.1, 0.15) is 11.1 Å². The maximum absolute atomic E-state index is 9.57. The first kappa shape index (κ1) is 11.2. The summed E-state index contributed by atoms with van der Waals surface area (Å²) in [6.07, 6.45) is 1.61. The first-order valence-corrected chi connectivity index (χ1v) is 5.28. The highest BCUT2D eigenvalue weighted by Crippen LogP contribution is 2.23. The van der Waals surface area contributed by atoms with Crippen molar-refractivity contribution in [3.05, 3.63) is 53.6 Å². The molecular weight excluding hydrogens is 214 g/mol. The lowest BCUT2D eigenvalue weighted by molar-refractivity contribution is 0.474. The minimum absolute atomic E-state index is 0.202. The highest BCUT2D eigenvalue weighted by atomic mass is 16.3. The van der Waals surface area contributed by atoms with Crippen molar-refractivity contribution in [2.45, 2.75) is 6.92 Å². The second-order valence-corrected chi connectivity index (χ2v) is 3.79. The van der Waals surface area contributed by atoms with E-state index >= 15 is 0 Å². The van der Waals surface area contributed by atoms with Gasteiger partial charge in [-0.25, -0.2) is 0 Å². The molecule has 0 spiro atoms. The van der Waals surface area contributed by atoms with Gasteiger partial charge in [-0.3, -0.25) is 4.99 Å². The lowest BCUT2D eigenvalue weighted by Gasteiger charge is -2.01. The van der Waals surface area contributed by atoms with Crippen LogP contribution in [-0.4, -0.2) is 16.4 Å². The molecule has 0 radical (unpaired) electrons. The van der Waals surface area contributed by atoms with E-state index in [0.29, 0.717) is 5.56 Å². The number of aliphatic imine (C=N–C) groups is 1. The van der Waals surface area contributed by atoms with Crippen LogP contribution < -0.4 is 0 Å². The maximum atomic E-state index is 9.57. The topological polar surface area (TPSA) is 52.8 Å². The van der Waals surface area contributed by atoms with Gasteiger partial charge in [0.15, 0.2) is 0 Å². The molecule has 0 saturated heterocycles. The van der Waals surface area contributed by atoms with Gasteiger partial charge in [-0.2, -0.15) is 0 Å². The molecule has 0 aliphatic heterocycles. The first-order valence-electron chi connectivity index (χ1n) is 5.28. The molecule has 0 aliphatic rings. The summed E-state index contributed by atoms with van der Waals surface area (Å²) < 4.78 is 0. The second kappa shape index (κ2) is 4.70. The molecule has 0 saturated carbocycles. The molecule has 3 heteroatoms. The molecule has 0 fully saturated rings. The van der Waals surface area contributed by atoms with Crippen LogP contribution in [0.4, 0.5) is 5.69 Å². The number of para-hydroxylation sites is 1. The van der Waals surface area contributed by atoms with Crippen LogP contribution >= 0.6 is 0 Å². The third-order valence-corrected chi connectivity index (χ3v) is 2.46. The summed E-state index contributed by atoms with van der Waals surface area (Å²) in [5, 5.41) is 18.8. The number of phenolic OH excluding ortho intramolecular Hbond substituents is 2. The number of benzene rings is 2. The van der Waals surface area contributed by atoms with Crippen molar-refractivity contribution in [1.29, 1.82) is 0 Å². The molecule has 2 aromatic rings. The molecule has 17 heavy (non-hydrogen) atoms. The molecule has 0 heterocycles. The standard InChI is InChI=1S/C14H13NO2/c1-10-8-12(16)6-7-13(10)15-9-11-4-2-3-5-14(11)17/h2-9,16-17H,1H3/b15-9+. The van der Waals surface area contributed by atoms with Crippen LogP contribution in [0.3, 0.4) is 0 Å². The number of aryl methyl sites for hydroxylation is 1. The molecular formula is C14H13NO2. The molecule has 2 aromatic carbocycles. The van der Waals surface area contributed by atoms with Crippen molar-refractivity contribution in [2.24, 2.45) is 4.99 Å². The predicted octanol–water partition coefficient (Wildman–Crippen LogP) is 3.16. The van der Waals surface area contributed by atoms with Crippen LogP contribution in [0.25, 0.3) is 0 Å². The van der Waals surface area contributed by atoms with Gasteiger partial charge < -0.3 is 10.2 Å². The van der Waals surface area contributed by atoms with Gasteiger partial charge in [0.25, 0.3) is 0 Å². The monoisotopic (exact) mass is 227 g/mol. The number of nitrogens with zero attached hydrogens (tertiary/aromatic N) is 1. The van der Waals surface area contributed by atoms with Crippen molar-refractivity contribution in [2.75, 3.05) is 0 Å². The van der Waals surface area contributed by atoms with Crippen molar-refractivity contribution < 1.29 is 10.2 Å². The van der Waals surface area contributed by atoms with E-state index in [1.54, 1.807) is 42.6 Å². The van der Waals surface area contributed by atoms with Crippen LogP contribution in [0.5, 0.6) is 11.5 Å². The van der Waals surface area contributed by atoms with Gasteiger partial charge in [-0.1, -0.05) is 12.1 Å². The van der Waals surface area contributed by atoms with Gasteiger partial charge in [0.05, 0.1) is 5.69 Å². The highest BCUT2D eigenvalue weighted by molar-refractivity contribution is 5.85. The van der Waals surface area contributed by atoms with E-state index in [1.807, 2.05) is 13.0 Å². The number of rotatable bonds is 2. The summed E-state index contributed by atoms with van der Waals surface area (Å²) in [5.74, 6) is 0.427. The average molecular weight is 227 g/mol. The van der Waals surface area contributed by atoms with Crippen LogP contribution in [0.2, 0.25) is 0 Å². The first-order chi connectivity index (χ1) is 8.16. The lowest BCUT2D eigenvalue weighted by atomic mass is 10.2. The fourth-order valence-electron chi connectivity index (χ4n) is 1.52. The molecule has 0 atom stereocenters. The maximum Gasteiger partial charge on any atom is 0.124 e. The van der Waals surface area contributed by atoms with E-state index < -0.39 is 0 Å². The zero-order chi connectivity index (χ0) is 12.3. The highest BCUT2D eigenvalue weighted by Gasteiger charge is 1.98. The van der Waals surface area contributed by atoms with E-state index in [0.717, 1.165) is 11.3 Å². The summed E-state index contributed by atoms with van der Waals surface area (Å²) in [6, 6.07) is 12.0. The third-order valence-electron chi connectivity index (χ3n) is 2.46. The van der Waals surface area contributed by atoms with E-state index in [1.165, 1.54) is 0 Å². The van der Waals surface area contributed by atoms with Crippen LogP contribution in [0, 0.1) is 6.92 Å². The quantitative estimate of drug-likeness (QED) is 0.774. The predicted molar refractivity (Wildman–Crippen MR) is 68.2 cm³/mol. The van der Waals surface area contributed by atoms with Crippen molar-refractivity contribution in [3.8, 4) is 11.5 Å². The SMILES string of the molecule is Cc1cc(O)ccc1/N=C/c1ccccc1O. The summed E-state index contributed by atoms with van der Waals surface area (Å²) in [5.41, 5.74) is 2.32. The minimum atomic E-state index is 0.202. The summed E-state index contributed by atoms with van der Waals surface area (Å²) in [6.45, 7) is 1.87. The fraction of sp³-hybridized carbons (Fsp3) is 0.0714. The zero-order valence-electron chi connectivity index (χ0n) is 9.46. The second-order valence-electron chi connectivity index (χ2n) is 3.79. The molecule has 0 aliphatic carbocycles. The number of hydrogen-bond donors (Lipinski definition) is 2. The van der Waals surface area contributed by atoms with E-state index in [4.69, 9.17) is 0 Å². The summed E-state index contributed by atoms with van der Waals surface area (Å²) in [7, 11) is 0. The molecule has 0 bridgehead atoms. The number of aromatic hydroxyl groups is 2. The van der Waals surface area contributed by atoms with E-state index in [2.05, 4.69) is 4.99 Å². The molecule has 0 amide bonds. The smallest absolute Gasteiger partial charge is 0.124 e. The van der Waals surface area contributed by atoms with E-state index in [9.17, 15) is 10.2 Å². The Balaban J connectivity index is 2.29. The minimum Gasteiger partial charge on any atom is -0.508 e. The van der Waals surface area contributed by atoms with Crippen molar-refractivity contribution in [1.82, 2.24) is 0 Å². The Labute approximate surface area is 99.7 Å². The largest absolute Gasteiger partial charge is 0.508 e. The molecule has 86 valence electrons. The molecule has 2 rings (SSSR count). The Morgan fingerprint density at radius 2 is 1.82 bits per heavy atom. The Hall–Kier alpha value is -2.29. The zero-order valence-corrected chi connectivity index (χ0v) is 9.46. The van der Waals surface area contributed by atoms with Gasteiger partial charge in [0.1, 0.15) is 11.5 Å². The molecule has 2 N–H and O–H groups in total. The Kier molecular flexibility index (Phi) is 3.10. The summed E-state index contributed by atoms with van der Waals surface area (Å²) >= 11 is 0. The number of phenols is 2. The van der Waals surface area contributed by atoms with Crippen LogP contribution in [-0.2, 0) is 0 Å². The molecule has 3 nitrogen and oxygen atoms in total. The van der Waals surface area contributed by atoms with Crippen LogP contribution in [0.15, 0.2) is 47.5 Å². The van der Waals surface area contributed by atoms with Gasteiger partial charge in [-0.05, 0) is 42.8 Å². The average Bonchev–Trinajstić information content (AvgIpc) is 2.30.